The Balaban J connectivity index is 1.54. The number of carbonyl (C=O) groups excluding carboxylic acids is 2. The summed E-state index contributed by atoms with van der Waals surface area (Å²) in [5.41, 5.74) is -1.65. The molecule has 3 fully saturated rings. The number of hydrogen-bond donors (Lipinski definition) is 0. The monoisotopic (exact) mass is 486 g/mol. The molecule has 0 aliphatic carbocycles. The van der Waals surface area contributed by atoms with Gasteiger partial charge >= 0.3 is 0 Å². The maximum Gasteiger partial charge on any atom is 0.274 e. The van der Waals surface area contributed by atoms with Gasteiger partial charge in [-0.15, -0.1) is 0 Å². The SMILES string of the molecule is CCC(=O)N1CC2(CCN(C(=O)[C@H]3COC(C)(C)C[C@@H]3c3c(F)cccc3Cl)CC2(F)F)C1. The Labute approximate surface area is 197 Å². The van der Waals surface area contributed by atoms with Crippen LogP contribution in [0.5, 0.6) is 0 Å². The van der Waals surface area contributed by atoms with Gasteiger partial charge in [-0.25, -0.2) is 13.2 Å². The molecule has 3 saturated heterocycles. The lowest BCUT2D eigenvalue weighted by molar-refractivity contribution is -0.226. The summed E-state index contributed by atoms with van der Waals surface area (Å²) in [6, 6.07) is 4.37. The van der Waals surface area contributed by atoms with Gasteiger partial charge in [-0.1, -0.05) is 24.6 Å². The third kappa shape index (κ3) is 4.25. The molecule has 4 rings (SSSR count). The highest BCUT2D eigenvalue weighted by atomic mass is 35.5. The summed E-state index contributed by atoms with van der Waals surface area (Å²) in [6.07, 6.45) is 0.736. The molecule has 1 aromatic carbocycles. The smallest absolute Gasteiger partial charge is 0.274 e. The van der Waals surface area contributed by atoms with Gasteiger partial charge in [0.05, 0.1) is 30.1 Å². The van der Waals surface area contributed by atoms with E-state index in [0.717, 1.165) is 0 Å². The van der Waals surface area contributed by atoms with Crippen LogP contribution in [0.15, 0.2) is 18.2 Å². The van der Waals surface area contributed by atoms with E-state index in [1.165, 1.54) is 21.9 Å². The Kier molecular flexibility index (Phi) is 6.23. The summed E-state index contributed by atoms with van der Waals surface area (Å²) in [5.74, 6) is -5.63. The largest absolute Gasteiger partial charge is 0.375 e. The van der Waals surface area contributed by atoms with Crippen molar-refractivity contribution in [3.63, 3.8) is 0 Å². The molecule has 5 nitrogen and oxygen atoms in total. The van der Waals surface area contributed by atoms with Crippen molar-refractivity contribution >= 4 is 23.4 Å². The number of alkyl halides is 2. The van der Waals surface area contributed by atoms with Gasteiger partial charge in [-0.3, -0.25) is 9.59 Å². The van der Waals surface area contributed by atoms with Crippen molar-refractivity contribution in [3.05, 3.63) is 34.6 Å². The van der Waals surface area contributed by atoms with E-state index < -0.39 is 47.0 Å². The second-order valence-electron chi connectivity index (χ2n) is 10.2. The highest BCUT2D eigenvalue weighted by Crippen LogP contribution is 2.51. The molecule has 1 spiro atoms. The van der Waals surface area contributed by atoms with E-state index in [0.29, 0.717) is 6.42 Å². The van der Waals surface area contributed by atoms with E-state index in [-0.39, 0.29) is 55.6 Å². The number of benzene rings is 1. The zero-order chi connectivity index (χ0) is 24.2. The highest BCUT2D eigenvalue weighted by molar-refractivity contribution is 6.31. The molecule has 1 aromatic rings. The van der Waals surface area contributed by atoms with Gasteiger partial charge in [0.2, 0.25) is 11.8 Å². The van der Waals surface area contributed by atoms with Gasteiger partial charge in [-0.2, -0.15) is 0 Å². The fourth-order valence-electron chi connectivity index (χ4n) is 5.49. The van der Waals surface area contributed by atoms with E-state index in [2.05, 4.69) is 0 Å². The molecule has 0 unspecified atom stereocenters. The lowest BCUT2D eigenvalue weighted by Crippen LogP contribution is -2.71. The normalized spacial score (nSPS) is 27.8. The first kappa shape index (κ1) is 24.3. The molecule has 0 bridgehead atoms. The molecular formula is C24H30ClF3N2O3. The van der Waals surface area contributed by atoms with E-state index >= 15 is 8.78 Å². The second-order valence-corrected chi connectivity index (χ2v) is 10.6. The van der Waals surface area contributed by atoms with Crippen LogP contribution in [0.2, 0.25) is 5.02 Å². The lowest BCUT2D eigenvalue weighted by Gasteiger charge is -2.57. The van der Waals surface area contributed by atoms with Crippen molar-refractivity contribution in [3.8, 4) is 0 Å². The Hall–Kier alpha value is -1.80. The van der Waals surface area contributed by atoms with E-state index in [1.54, 1.807) is 13.0 Å². The van der Waals surface area contributed by atoms with Crippen LogP contribution in [-0.4, -0.2) is 65.9 Å². The molecular weight excluding hydrogens is 457 g/mol. The molecule has 0 aromatic heterocycles. The number of halogens is 4. The predicted molar refractivity (Wildman–Crippen MR) is 118 cm³/mol. The molecule has 33 heavy (non-hydrogen) atoms. The zero-order valence-corrected chi connectivity index (χ0v) is 19.9. The van der Waals surface area contributed by atoms with Crippen LogP contribution >= 0.6 is 11.6 Å². The van der Waals surface area contributed by atoms with Gasteiger partial charge < -0.3 is 14.5 Å². The Morgan fingerprint density at radius 1 is 1.18 bits per heavy atom. The van der Waals surface area contributed by atoms with Crippen molar-refractivity contribution in [1.29, 1.82) is 0 Å². The number of rotatable bonds is 3. The zero-order valence-electron chi connectivity index (χ0n) is 19.2. The third-order valence-electron chi connectivity index (χ3n) is 7.52. The Morgan fingerprint density at radius 2 is 1.88 bits per heavy atom. The van der Waals surface area contributed by atoms with Crippen LogP contribution in [0.25, 0.3) is 0 Å². The number of likely N-dealkylation sites (tertiary alicyclic amines) is 2. The minimum atomic E-state index is -3.12. The summed E-state index contributed by atoms with van der Waals surface area (Å²) in [7, 11) is 0. The molecule has 2 amide bonds. The van der Waals surface area contributed by atoms with Crippen molar-refractivity contribution in [2.75, 3.05) is 32.8 Å². The van der Waals surface area contributed by atoms with Gasteiger partial charge in [-0.05, 0) is 38.8 Å². The molecule has 0 N–H and O–H groups in total. The summed E-state index contributed by atoms with van der Waals surface area (Å²) in [6.45, 7) is 4.91. The molecule has 9 heteroatoms. The number of carbonyl (C=O) groups is 2. The van der Waals surface area contributed by atoms with Gasteiger partial charge in [0.1, 0.15) is 5.82 Å². The fourth-order valence-corrected chi connectivity index (χ4v) is 5.79. The number of piperidine rings is 1. The van der Waals surface area contributed by atoms with Gasteiger partial charge in [0, 0.05) is 42.6 Å². The highest BCUT2D eigenvalue weighted by Gasteiger charge is 2.64. The molecule has 0 radical (unpaired) electrons. The van der Waals surface area contributed by atoms with Crippen LogP contribution in [0.1, 0.15) is 51.5 Å². The molecule has 3 aliphatic heterocycles. The molecule has 0 saturated carbocycles. The Bertz CT molecular complexity index is 929. The second kappa shape index (κ2) is 8.45. The van der Waals surface area contributed by atoms with Crippen LogP contribution in [-0.2, 0) is 14.3 Å². The molecule has 2 atom stereocenters. The minimum Gasteiger partial charge on any atom is -0.375 e. The average Bonchev–Trinajstić information content (AvgIpc) is 2.70. The van der Waals surface area contributed by atoms with Crippen LogP contribution in [0.4, 0.5) is 13.2 Å². The van der Waals surface area contributed by atoms with Crippen molar-refractivity contribution in [2.24, 2.45) is 11.3 Å². The summed E-state index contributed by atoms with van der Waals surface area (Å²) < 4.78 is 51.1. The van der Waals surface area contributed by atoms with Gasteiger partial charge in [0.25, 0.3) is 5.92 Å². The van der Waals surface area contributed by atoms with E-state index in [9.17, 15) is 14.0 Å². The van der Waals surface area contributed by atoms with E-state index in [1.807, 2.05) is 13.8 Å². The van der Waals surface area contributed by atoms with Gasteiger partial charge in [0.15, 0.2) is 0 Å². The standard InChI is InChI=1S/C24H30ClF3N2O3/c1-4-19(31)30-12-23(13-30)8-9-29(14-24(23,27)28)21(32)16-11-33-22(2,3)10-15(16)20-17(25)6-5-7-18(20)26/h5-7,15-16H,4,8-14H2,1-3H3/t15-,16-/m0/s1. The first-order valence-electron chi connectivity index (χ1n) is 11.4. The van der Waals surface area contributed by atoms with E-state index in [4.69, 9.17) is 16.3 Å². The summed E-state index contributed by atoms with van der Waals surface area (Å²) in [4.78, 5) is 28.0. The van der Waals surface area contributed by atoms with Crippen LogP contribution in [0, 0.1) is 17.2 Å². The average molecular weight is 487 g/mol. The molecule has 182 valence electrons. The number of hydrogen-bond acceptors (Lipinski definition) is 3. The minimum absolute atomic E-state index is 0.00710. The maximum absolute atomic E-state index is 15.3. The van der Waals surface area contributed by atoms with Crippen LogP contribution < -0.4 is 0 Å². The quantitative estimate of drug-likeness (QED) is 0.633. The predicted octanol–water partition coefficient (Wildman–Crippen LogP) is 4.48. The number of ether oxygens (including phenoxy) is 1. The summed E-state index contributed by atoms with van der Waals surface area (Å²) >= 11 is 6.31. The van der Waals surface area contributed by atoms with Crippen molar-refractivity contribution in [1.82, 2.24) is 9.80 Å². The summed E-state index contributed by atoms with van der Waals surface area (Å²) in [5, 5.41) is 0.216. The van der Waals surface area contributed by atoms with Crippen LogP contribution in [0.3, 0.4) is 0 Å². The van der Waals surface area contributed by atoms with Crippen molar-refractivity contribution < 1.29 is 27.5 Å². The molecule has 3 aliphatic rings. The first-order chi connectivity index (χ1) is 15.4. The molecule has 3 heterocycles. The Morgan fingerprint density at radius 3 is 2.48 bits per heavy atom. The topological polar surface area (TPSA) is 49.9 Å². The fraction of sp³-hybridized carbons (Fsp3) is 0.667. The third-order valence-corrected chi connectivity index (χ3v) is 7.85. The number of nitrogens with zero attached hydrogens (tertiary/aromatic N) is 2. The number of amides is 2. The maximum atomic E-state index is 15.3. The lowest BCUT2D eigenvalue weighted by atomic mass is 9.68. The first-order valence-corrected chi connectivity index (χ1v) is 11.8. The van der Waals surface area contributed by atoms with Crippen molar-refractivity contribution in [2.45, 2.75) is 57.5 Å².